The maximum atomic E-state index is 14.3. The molecule has 0 aliphatic heterocycles. The van der Waals surface area contributed by atoms with Crippen LogP contribution in [0.15, 0.2) is 36.2 Å². The summed E-state index contributed by atoms with van der Waals surface area (Å²) < 4.78 is 5.93. The Kier molecular flexibility index (Phi) is 6.88. The molecule has 1 heterocycles. The number of aromatic nitrogens is 1. The molecule has 4 fully saturated rings. The molecule has 0 bridgehead atoms. The summed E-state index contributed by atoms with van der Waals surface area (Å²) in [6.45, 7) is 18.9. The second-order valence-electron chi connectivity index (χ2n) is 17.0. The normalized spacial score (nSPS) is 43.4. The number of hydrogen-bond acceptors (Lipinski definition) is 4. The van der Waals surface area contributed by atoms with Crippen molar-refractivity contribution in [2.24, 2.45) is 50.2 Å². The van der Waals surface area contributed by atoms with Crippen LogP contribution in [0.1, 0.15) is 120 Å². The Bertz CT molecular complexity index is 1280. The first-order chi connectivity index (χ1) is 19.6. The molecule has 5 aliphatic rings. The molecule has 42 heavy (non-hydrogen) atoms. The number of hydrogen-bond donors (Lipinski definition) is 1. The topological polar surface area (TPSA) is 68.3 Å². The van der Waals surface area contributed by atoms with Crippen molar-refractivity contribution in [2.45, 2.75) is 126 Å². The van der Waals surface area contributed by atoms with Crippen LogP contribution in [-0.4, -0.2) is 23.0 Å². The summed E-state index contributed by atoms with van der Waals surface area (Å²) >= 11 is 0. The van der Waals surface area contributed by atoms with E-state index < -0.39 is 0 Å². The second-order valence-corrected chi connectivity index (χ2v) is 17.0. The van der Waals surface area contributed by atoms with Crippen LogP contribution in [0, 0.1) is 50.2 Å². The molecule has 8 atom stereocenters. The molecule has 1 N–H and O–H groups in total. The highest BCUT2D eigenvalue weighted by Crippen LogP contribution is 2.76. The van der Waals surface area contributed by atoms with E-state index >= 15 is 0 Å². The van der Waals surface area contributed by atoms with Crippen LogP contribution < -0.4 is 5.32 Å². The first-order valence-electron chi connectivity index (χ1n) is 16.7. The van der Waals surface area contributed by atoms with Crippen molar-refractivity contribution in [3.05, 3.63) is 36.2 Å². The van der Waals surface area contributed by atoms with Gasteiger partial charge in [0.2, 0.25) is 5.91 Å². The Labute approximate surface area is 254 Å². The lowest BCUT2D eigenvalue weighted by Crippen LogP contribution is -2.65. The molecule has 1 aromatic rings. The highest BCUT2D eigenvalue weighted by atomic mass is 16.5. The van der Waals surface area contributed by atoms with Gasteiger partial charge in [0.05, 0.1) is 17.3 Å². The molecular formula is C37H54N2O3. The van der Waals surface area contributed by atoms with Crippen molar-refractivity contribution in [3.63, 3.8) is 0 Å². The first kappa shape index (κ1) is 29.9. The van der Waals surface area contributed by atoms with Gasteiger partial charge < -0.3 is 10.1 Å². The molecule has 1 amide bonds. The van der Waals surface area contributed by atoms with Gasteiger partial charge in [0.25, 0.3) is 0 Å². The molecule has 4 saturated carbocycles. The third-order valence-electron chi connectivity index (χ3n) is 14.3. The Hall–Kier alpha value is -2.17. The molecule has 0 spiro atoms. The van der Waals surface area contributed by atoms with Crippen molar-refractivity contribution in [1.82, 2.24) is 4.98 Å². The second kappa shape index (κ2) is 9.66. The van der Waals surface area contributed by atoms with Gasteiger partial charge in [-0.25, -0.2) is 0 Å². The maximum absolute atomic E-state index is 14.3. The van der Waals surface area contributed by atoms with Crippen LogP contribution in [-0.2, 0) is 14.3 Å². The van der Waals surface area contributed by atoms with Crippen LogP contribution in [0.4, 0.5) is 5.69 Å². The molecule has 5 aliphatic carbocycles. The number of allylic oxidation sites excluding steroid dienone is 2. The predicted octanol–water partition coefficient (Wildman–Crippen LogP) is 8.75. The van der Waals surface area contributed by atoms with Crippen LogP contribution in [0.3, 0.4) is 0 Å². The van der Waals surface area contributed by atoms with E-state index in [4.69, 9.17) is 4.74 Å². The fourth-order valence-corrected chi connectivity index (χ4v) is 11.7. The number of carbonyl (C=O) groups is 2. The van der Waals surface area contributed by atoms with Crippen molar-refractivity contribution in [1.29, 1.82) is 0 Å². The molecule has 0 radical (unpaired) electrons. The summed E-state index contributed by atoms with van der Waals surface area (Å²) in [5.41, 5.74) is 2.69. The van der Waals surface area contributed by atoms with E-state index in [0.717, 1.165) is 57.1 Å². The summed E-state index contributed by atoms with van der Waals surface area (Å²) in [6.07, 6.45) is 16.9. The smallest absolute Gasteiger partial charge is 0.302 e. The number of nitrogens with zero attached hydrogens (tertiary/aromatic N) is 1. The number of carbonyl (C=O) groups excluding carboxylic acids is 2. The molecule has 6 rings (SSSR count). The van der Waals surface area contributed by atoms with Gasteiger partial charge in [-0.2, -0.15) is 0 Å². The van der Waals surface area contributed by atoms with Gasteiger partial charge in [-0.05, 0) is 116 Å². The summed E-state index contributed by atoms with van der Waals surface area (Å²) in [6, 6.07) is 3.85. The van der Waals surface area contributed by atoms with Gasteiger partial charge in [0.15, 0.2) is 0 Å². The van der Waals surface area contributed by atoms with Gasteiger partial charge in [0, 0.05) is 18.5 Å². The minimum absolute atomic E-state index is 0.000746. The Morgan fingerprint density at radius 2 is 1.67 bits per heavy atom. The van der Waals surface area contributed by atoms with Crippen molar-refractivity contribution in [3.8, 4) is 0 Å². The summed E-state index contributed by atoms with van der Waals surface area (Å²) in [5.74, 6) is 1.44. The average molecular weight is 575 g/mol. The van der Waals surface area contributed by atoms with E-state index in [1.807, 2.05) is 12.1 Å². The molecule has 0 unspecified atom stereocenters. The number of ether oxygens (including phenoxy) is 1. The average Bonchev–Trinajstić information content (AvgIpc) is 2.91. The largest absolute Gasteiger partial charge is 0.462 e. The number of fused-ring (bicyclic) bond motifs is 7. The molecule has 5 nitrogen and oxygen atoms in total. The SMILES string of the molecule is CC(=O)O[C@H]1CC[C@]2(C)[C@H]3CC=C4[C@@H]5CC(C)(C)CC[C@]5(C(=O)Nc5cccnc5)CC[C@@]4(C)[C@]3(C)CC[C@H]2C1(C)C. The molecular weight excluding hydrogens is 520 g/mol. The number of esters is 1. The predicted molar refractivity (Wildman–Crippen MR) is 167 cm³/mol. The van der Waals surface area contributed by atoms with E-state index in [9.17, 15) is 9.59 Å². The quantitative estimate of drug-likeness (QED) is 0.289. The monoisotopic (exact) mass is 574 g/mol. The minimum Gasteiger partial charge on any atom is -0.462 e. The minimum atomic E-state index is -0.356. The summed E-state index contributed by atoms with van der Waals surface area (Å²) in [5, 5.41) is 3.31. The zero-order valence-electron chi connectivity index (χ0n) is 27.4. The maximum Gasteiger partial charge on any atom is 0.302 e. The van der Waals surface area contributed by atoms with Gasteiger partial charge in [-0.3, -0.25) is 14.6 Å². The zero-order valence-corrected chi connectivity index (χ0v) is 27.4. The Morgan fingerprint density at radius 3 is 2.36 bits per heavy atom. The Balaban J connectivity index is 1.37. The molecule has 1 aromatic heterocycles. The summed E-state index contributed by atoms with van der Waals surface area (Å²) in [7, 11) is 0. The third kappa shape index (κ3) is 4.18. The van der Waals surface area contributed by atoms with Crippen molar-refractivity contribution >= 4 is 17.6 Å². The first-order valence-corrected chi connectivity index (χ1v) is 16.7. The number of nitrogens with one attached hydrogen (secondary N) is 1. The van der Waals surface area contributed by atoms with Gasteiger partial charge >= 0.3 is 5.97 Å². The van der Waals surface area contributed by atoms with Gasteiger partial charge in [-0.1, -0.05) is 60.1 Å². The van der Waals surface area contributed by atoms with E-state index in [1.54, 1.807) is 24.9 Å². The van der Waals surface area contributed by atoms with Crippen LogP contribution >= 0.6 is 0 Å². The lowest BCUT2D eigenvalue weighted by atomic mass is 9.33. The van der Waals surface area contributed by atoms with Crippen LogP contribution in [0.2, 0.25) is 0 Å². The summed E-state index contributed by atoms with van der Waals surface area (Å²) in [4.78, 5) is 30.5. The van der Waals surface area contributed by atoms with Crippen molar-refractivity contribution in [2.75, 3.05) is 5.32 Å². The number of amides is 1. The van der Waals surface area contributed by atoms with Gasteiger partial charge in [-0.15, -0.1) is 0 Å². The van der Waals surface area contributed by atoms with E-state index in [-0.39, 0.29) is 56.4 Å². The van der Waals surface area contributed by atoms with Gasteiger partial charge in [0.1, 0.15) is 6.10 Å². The third-order valence-corrected chi connectivity index (χ3v) is 14.3. The van der Waals surface area contributed by atoms with Crippen LogP contribution in [0.25, 0.3) is 0 Å². The molecule has 0 aromatic carbocycles. The van der Waals surface area contributed by atoms with E-state index in [1.165, 1.54) is 12.8 Å². The molecule has 5 heteroatoms. The highest BCUT2D eigenvalue weighted by molar-refractivity contribution is 5.96. The lowest BCUT2D eigenvalue weighted by molar-refractivity contribution is -0.212. The number of rotatable bonds is 3. The Morgan fingerprint density at radius 1 is 0.929 bits per heavy atom. The zero-order chi connectivity index (χ0) is 30.3. The highest BCUT2D eigenvalue weighted by Gasteiger charge is 2.69. The molecule has 230 valence electrons. The standard InChI is InChI=1S/C37H54N2O3/c1-24(40)42-30-14-15-34(6)28(33(30,4)5)13-16-36(8)29(34)12-11-26-27-22-32(2,3)17-19-37(27,20-18-35(26,36)7)31(41)39-25-10-9-21-38-23-25/h9-11,21,23,27-30H,12-20,22H2,1-8H3,(H,39,41)/t27-,28-,29+,30-,34-,35+,36+,37-/m0/s1. The van der Waals surface area contributed by atoms with E-state index in [0.29, 0.717) is 11.8 Å². The molecule has 0 saturated heterocycles. The number of anilines is 1. The fraction of sp³-hybridized carbons (Fsp3) is 0.757. The van der Waals surface area contributed by atoms with Crippen LogP contribution in [0.5, 0.6) is 0 Å². The van der Waals surface area contributed by atoms with E-state index in [2.05, 4.69) is 64.8 Å². The fourth-order valence-electron chi connectivity index (χ4n) is 11.7. The lowest BCUT2D eigenvalue weighted by Gasteiger charge is -2.71. The number of pyridine rings is 1. The van der Waals surface area contributed by atoms with Crippen molar-refractivity contribution < 1.29 is 14.3 Å².